The first-order valence-electron chi connectivity index (χ1n) is 8.22. The summed E-state index contributed by atoms with van der Waals surface area (Å²) in [6.07, 6.45) is 5.87. The number of aromatic nitrogens is 4. The lowest BCUT2D eigenvalue weighted by Crippen LogP contribution is -2.27. The Kier molecular flexibility index (Phi) is 5.96. The highest BCUT2D eigenvalue weighted by molar-refractivity contribution is 7.89. The minimum absolute atomic E-state index is 0.0867. The van der Waals surface area contributed by atoms with E-state index in [4.69, 9.17) is 0 Å². The van der Waals surface area contributed by atoms with Crippen LogP contribution in [0.15, 0.2) is 60.0 Å². The normalized spacial score (nSPS) is 11.2. The van der Waals surface area contributed by atoms with Crippen molar-refractivity contribution >= 4 is 21.8 Å². The Balaban J connectivity index is 1.57. The van der Waals surface area contributed by atoms with Crippen LogP contribution >= 0.6 is 0 Å². The first-order chi connectivity index (χ1) is 13.5. The molecule has 0 radical (unpaired) electrons. The summed E-state index contributed by atoms with van der Waals surface area (Å²) in [6, 6.07) is 7.53. The molecule has 0 aliphatic heterocycles. The average Bonchev–Trinajstić information content (AvgIpc) is 3.18. The van der Waals surface area contributed by atoms with E-state index in [1.54, 1.807) is 35.5 Å². The van der Waals surface area contributed by atoms with E-state index in [1.165, 1.54) is 31.4 Å². The molecule has 146 valence electrons. The quantitative estimate of drug-likeness (QED) is 0.613. The molecule has 0 saturated carbocycles. The van der Waals surface area contributed by atoms with Crippen molar-refractivity contribution in [2.45, 2.75) is 11.4 Å². The van der Waals surface area contributed by atoms with Crippen molar-refractivity contribution in [2.75, 3.05) is 19.0 Å². The highest BCUT2D eigenvalue weighted by Crippen LogP contribution is 2.14. The van der Waals surface area contributed by atoms with Crippen molar-refractivity contribution in [3.8, 4) is 11.4 Å². The summed E-state index contributed by atoms with van der Waals surface area (Å²) in [6.45, 7) is 0.507. The Labute approximate surface area is 161 Å². The molecule has 0 aliphatic carbocycles. The van der Waals surface area contributed by atoms with Gasteiger partial charge >= 0.3 is 6.09 Å². The maximum Gasteiger partial charge on any atom is 0.411 e. The number of benzene rings is 1. The number of rotatable bonds is 7. The van der Waals surface area contributed by atoms with Gasteiger partial charge in [0.1, 0.15) is 11.4 Å². The molecule has 2 N–H and O–H groups in total. The van der Waals surface area contributed by atoms with E-state index in [9.17, 15) is 13.2 Å². The minimum Gasteiger partial charge on any atom is -0.453 e. The minimum atomic E-state index is -3.68. The van der Waals surface area contributed by atoms with Crippen molar-refractivity contribution in [1.82, 2.24) is 24.5 Å². The van der Waals surface area contributed by atoms with E-state index in [0.29, 0.717) is 23.6 Å². The number of sulfonamides is 1. The van der Waals surface area contributed by atoms with Crippen LogP contribution in [0.25, 0.3) is 11.4 Å². The summed E-state index contributed by atoms with van der Waals surface area (Å²) in [5.74, 6) is 0. The monoisotopic (exact) mass is 402 g/mol. The summed E-state index contributed by atoms with van der Waals surface area (Å²) in [4.78, 5) is 19.4. The topological polar surface area (TPSA) is 128 Å². The summed E-state index contributed by atoms with van der Waals surface area (Å²) < 4.78 is 33.4. The fourth-order valence-corrected chi connectivity index (χ4v) is 3.34. The van der Waals surface area contributed by atoms with Gasteiger partial charge in [0, 0.05) is 30.8 Å². The van der Waals surface area contributed by atoms with Crippen LogP contribution < -0.4 is 10.0 Å². The highest BCUT2D eigenvalue weighted by atomic mass is 32.2. The molecule has 28 heavy (non-hydrogen) atoms. The molecule has 1 amide bonds. The van der Waals surface area contributed by atoms with Gasteiger partial charge in [-0.2, -0.15) is 5.10 Å². The van der Waals surface area contributed by atoms with Crippen molar-refractivity contribution in [3.05, 3.63) is 55.1 Å². The van der Waals surface area contributed by atoms with E-state index in [0.717, 1.165) is 0 Å². The van der Waals surface area contributed by atoms with Gasteiger partial charge in [0.25, 0.3) is 0 Å². The smallest absolute Gasteiger partial charge is 0.411 e. The number of carbonyl (C=O) groups is 1. The zero-order valence-corrected chi connectivity index (χ0v) is 15.8. The van der Waals surface area contributed by atoms with Gasteiger partial charge in [-0.3, -0.25) is 20.0 Å². The van der Waals surface area contributed by atoms with Gasteiger partial charge in [0.15, 0.2) is 0 Å². The Hall–Kier alpha value is -3.31. The van der Waals surface area contributed by atoms with Crippen LogP contribution in [0.3, 0.4) is 0 Å². The number of hydrogen-bond donors (Lipinski definition) is 2. The van der Waals surface area contributed by atoms with Crippen molar-refractivity contribution in [2.24, 2.45) is 0 Å². The number of hydrogen-bond acceptors (Lipinski definition) is 7. The predicted molar refractivity (Wildman–Crippen MR) is 101 cm³/mol. The third-order valence-corrected chi connectivity index (χ3v) is 5.17. The van der Waals surface area contributed by atoms with Gasteiger partial charge in [0.05, 0.1) is 24.7 Å². The molecule has 11 heteroatoms. The Morgan fingerprint density at radius 3 is 2.61 bits per heavy atom. The third kappa shape index (κ3) is 4.90. The number of carbonyl (C=O) groups excluding carboxylic acids is 1. The standard InChI is InChI=1S/C17H18N6O4S/c1-27-17(24)21-13-2-4-14(5-3-13)28(25,26)20-9-11-23-10-6-15(22-23)16-12-18-7-8-19-16/h2-8,10,12,20H,9,11H2,1H3,(H,21,24). The molecule has 0 saturated heterocycles. The van der Waals surface area contributed by atoms with Crippen molar-refractivity contribution in [1.29, 1.82) is 0 Å². The second-order valence-electron chi connectivity index (χ2n) is 5.59. The summed E-state index contributed by atoms with van der Waals surface area (Å²) in [7, 11) is -2.44. The lowest BCUT2D eigenvalue weighted by molar-refractivity contribution is 0.187. The Bertz CT molecular complexity index is 1040. The first-order valence-corrected chi connectivity index (χ1v) is 9.71. The van der Waals surface area contributed by atoms with Crippen LogP contribution in [0.4, 0.5) is 10.5 Å². The number of nitrogens with one attached hydrogen (secondary N) is 2. The number of ether oxygens (including phenoxy) is 1. The Morgan fingerprint density at radius 1 is 1.14 bits per heavy atom. The van der Waals surface area contributed by atoms with Gasteiger partial charge in [-0.25, -0.2) is 17.9 Å². The maximum atomic E-state index is 12.4. The molecule has 0 atom stereocenters. The van der Waals surface area contributed by atoms with Crippen LogP contribution in [-0.2, 0) is 21.3 Å². The van der Waals surface area contributed by atoms with Crippen molar-refractivity contribution < 1.29 is 17.9 Å². The molecule has 3 aromatic rings. The molecule has 10 nitrogen and oxygen atoms in total. The zero-order valence-electron chi connectivity index (χ0n) is 14.9. The fraction of sp³-hybridized carbons (Fsp3) is 0.176. The van der Waals surface area contributed by atoms with Gasteiger partial charge in [-0.05, 0) is 30.3 Å². The average molecular weight is 402 g/mol. The molecule has 3 rings (SSSR count). The lowest BCUT2D eigenvalue weighted by Gasteiger charge is -2.08. The molecule has 1 aromatic carbocycles. The van der Waals surface area contributed by atoms with E-state index in [-0.39, 0.29) is 11.4 Å². The van der Waals surface area contributed by atoms with Crippen LogP contribution in [0.5, 0.6) is 0 Å². The largest absolute Gasteiger partial charge is 0.453 e. The molecule has 2 aromatic heterocycles. The Morgan fingerprint density at radius 2 is 1.93 bits per heavy atom. The summed E-state index contributed by atoms with van der Waals surface area (Å²) in [5, 5.41) is 6.80. The van der Waals surface area contributed by atoms with Crippen LogP contribution in [0.1, 0.15) is 0 Å². The zero-order chi connectivity index (χ0) is 20.0. The van der Waals surface area contributed by atoms with E-state index >= 15 is 0 Å². The first kappa shape index (κ1) is 19.5. The van der Waals surface area contributed by atoms with Gasteiger partial charge in [0.2, 0.25) is 10.0 Å². The number of amides is 1. The molecule has 0 bridgehead atoms. The van der Waals surface area contributed by atoms with Gasteiger partial charge < -0.3 is 4.74 Å². The second-order valence-corrected chi connectivity index (χ2v) is 7.36. The van der Waals surface area contributed by atoms with Gasteiger partial charge in [-0.15, -0.1) is 0 Å². The molecular formula is C17H18N6O4S. The SMILES string of the molecule is COC(=O)Nc1ccc(S(=O)(=O)NCCn2ccc(-c3cnccn3)n2)cc1. The highest BCUT2D eigenvalue weighted by Gasteiger charge is 2.14. The van der Waals surface area contributed by atoms with Gasteiger partial charge in [-0.1, -0.05) is 0 Å². The predicted octanol–water partition coefficient (Wildman–Crippen LogP) is 1.50. The summed E-state index contributed by atoms with van der Waals surface area (Å²) in [5.41, 5.74) is 1.73. The fourth-order valence-electron chi connectivity index (χ4n) is 2.32. The summed E-state index contributed by atoms with van der Waals surface area (Å²) >= 11 is 0. The number of methoxy groups -OCH3 is 1. The van der Waals surface area contributed by atoms with E-state index in [2.05, 4.69) is 29.8 Å². The molecule has 0 spiro atoms. The number of anilines is 1. The molecule has 0 fully saturated rings. The molecule has 0 unspecified atom stereocenters. The maximum absolute atomic E-state index is 12.4. The van der Waals surface area contributed by atoms with Crippen LogP contribution in [0.2, 0.25) is 0 Å². The van der Waals surface area contributed by atoms with Crippen molar-refractivity contribution in [3.63, 3.8) is 0 Å². The molecular weight excluding hydrogens is 384 g/mol. The second kappa shape index (κ2) is 8.59. The number of nitrogens with zero attached hydrogens (tertiary/aromatic N) is 4. The van der Waals surface area contributed by atoms with Crippen LogP contribution in [0, 0.1) is 0 Å². The molecule has 2 heterocycles. The van der Waals surface area contributed by atoms with E-state index in [1.807, 2.05) is 0 Å². The van der Waals surface area contributed by atoms with E-state index < -0.39 is 16.1 Å². The van der Waals surface area contributed by atoms with Crippen LogP contribution in [-0.4, -0.2) is 47.9 Å². The lowest BCUT2D eigenvalue weighted by atomic mass is 10.3. The molecule has 0 aliphatic rings. The third-order valence-electron chi connectivity index (χ3n) is 3.70.